The molecule has 0 fully saturated rings. The molecule has 146 valence electrons. The molecule has 6 rings (SSSR count). The summed E-state index contributed by atoms with van der Waals surface area (Å²) in [7, 11) is 0. The summed E-state index contributed by atoms with van der Waals surface area (Å²) in [6.45, 7) is 0. The van der Waals surface area contributed by atoms with Crippen molar-refractivity contribution in [2.75, 3.05) is 0 Å². The first-order chi connectivity index (χ1) is 14.9. The third-order valence-corrected chi connectivity index (χ3v) is 6.33. The van der Waals surface area contributed by atoms with Crippen molar-refractivity contribution in [1.29, 1.82) is 0 Å². The van der Waals surface area contributed by atoms with Gasteiger partial charge in [0.15, 0.2) is 5.76 Å². The molecule has 0 aromatic carbocycles. The summed E-state index contributed by atoms with van der Waals surface area (Å²) in [5.74, 6) is 0.914. The number of thiophene rings is 1. The van der Waals surface area contributed by atoms with Gasteiger partial charge in [-0.15, -0.1) is 22.7 Å². The van der Waals surface area contributed by atoms with E-state index in [1.807, 2.05) is 35.2 Å². The number of furan rings is 1. The second-order valence-corrected chi connectivity index (χ2v) is 8.21. The van der Waals surface area contributed by atoms with Crippen LogP contribution in [0.1, 0.15) is 0 Å². The number of hydrogen-bond acceptors (Lipinski definition) is 8. The van der Waals surface area contributed by atoms with E-state index < -0.39 is 0 Å². The Labute approximate surface area is 177 Å². The minimum atomic E-state index is 0.366. The zero-order chi connectivity index (χ0) is 19.9. The largest absolute Gasteiger partial charge is 0.458 e. The first kappa shape index (κ1) is 17.2. The van der Waals surface area contributed by atoms with Crippen LogP contribution in [0.4, 0.5) is 0 Å². The Balaban J connectivity index is 1.47. The first-order valence-electron chi connectivity index (χ1n) is 8.98. The van der Waals surface area contributed by atoms with Gasteiger partial charge >= 0.3 is 0 Å². The van der Waals surface area contributed by atoms with Gasteiger partial charge in [0.1, 0.15) is 35.2 Å². The predicted octanol–water partition coefficient (Wildman–Crippen LogP) is 6.44. The number of nitrogens with one attached hydrogen (secondary N) is 1. The number of aromatic nitrogens is 4. The molecule has 0 amide bonds. The van der Waals surface area contributed by atoms with Crippen molar-refractivity contribution in [3.8, 4) is 55.3 Å². The first-order valence-corrected chi connectivity index (χ1v) is 10.7. The fraction of sp³-hybridized carbons (Fsp3) is 0. The molecule has 9 heteroatoms. The molecule has 1 N–H and O–H groups in total. The Morgan fingerprint density at radius 1 is 0.933 bits per heavy atom. The quantitative estimate of drug-likeness (QED) is 0.337. The molecule has 0 aliphatic carbocycles. The molecule has 0 saturated heterocycles. The fourth-order valence-corrected chi connectivity index (χ4v) is 4.68. The van der Waals surface area contributed by atoms with Crippen molar-refractivity contribution < 1.29 is 13.4 Å². The van der Waals surface area contributed by atoms with Gasteiger partial charge in [-0.2, -0.15) is 0 Å². The normalized spacial score (nSPS) is 11.3. The standard InChI is InChI=1S/C21H12N4O3S2/c1-3-14(22-5-1)17-12(16-4-2-7-29-16)9-26-19(17)20-24-15(11-27-20)18-13(10-28-25-18)21-23-6-8-30-21/h1-11,22H. The van der Waals surface area contributed by atoms with Gasteiger partial charge in [-0.25, -0.2) is 9.97 Å². The number of nitrogens with zero attached hydrogens (tertiary/aromatic N) is 3. The second kappa shape index (κ2) is 6.97. The lowest BCUT2D eigenvalue weighted by atomic mass is 10.1. The van der Waals surface area contributed by atoms with Gasteiger partial charge in [0.05, 0.1) is 16.8 Å². The van der Waals surface area contributed by atoms with E-state index in [9.17, 15) is 0 Å². The summed E-state index contributed by atoms with van der Waals surface area (Å²) in [4.78, 5) is 13.3. The van der Waals surface area contributed by atoms with Crippen LogP contribution in [-0.4, -0.2) is 20.1 Å². The highest BCUT2D eigenvalue weighted by atomic mass is 32.1. The molecular formula is C21H12N4O3S2. The lowest BCUT2D eigenvalue weighted by Gasteiger charge is -2.01. The highest BCUT2D eigenvalue weighted by Gasteiger charge is 2.25. The average Bonchev–Trinajstić information content (AvgIpc) is 3.61. The van der Waals surface area contributed by atoms with Gasteiger partial charge in [0.25, 0.3) is 5.89 Å². The van der Waals surface area contributed by atoms with Crippen LogP contribution >= 0.6 is 22.7 Å². The van der Waals surface area contributed by atoms with Gasteiger partial charge in [0.2, 0.25) is 0 Å². The predicted molar refractivity (Wildman–Crippen MR) is 114 cm³/mol. The number of hydrogen-bond donors (Lipinski definition) is 1. The minimum Gasteiger partial charge on any atom is -0.458 e. The van der Waals surface area contributed by atoms with Crippen LogP contribution in [0.5, 0.6) is 0 Å². The molecule has 7 nitrogen and oxygen atoms in total. The van der Waals surface area contributed by atoms with Crippen molar-refractivity contribution in [2.24, 2.45) is 0 Å². The second-order valence-electron chi connectivity index (χ2n) is 6.37. The third kappa shape index (κ3) is 2.75. The Kier molecular flexibility index (Phi) is 4.00. The molecule has 6 heterocycles. The van der Waals surface area contributed by atoms with Crippen LogP contribution < -0.4 is 0 Å². The van der Waals surface area contributed by atoms with Crippen molar-refractivity contribution in [3.05, 3.63) is 66.2 Å². The van der Waals surface area contributed by atoms with E-state index in [4.69, 9.17) is 13.4 Å². The average molecular weight is 432 g/mol. The van der Waals surface area contributed by atoms with Crippen LogP contribution in [0.3, 0.4) is 0 Å². The zero-order valence-electron chi connectivity index (χ0n) is 15.2. The van der Waals surface area contributed by atoms with Gasteiger partial charge in [0, 0.05) is 28.2 Å². The molecule has 0 saturated carbocycles. The van der Waals surface area contributed by atoms with E-state index >= 15 is 0 Å². The summed E-state index contributed by atoms with van der Waals surface area (Å²) in [5, 5.41) is 8.84. The number of oxazole rings is 1. The molecule has 6 aromatic rings. The Bertz CT molecular complexity index is 1390. The van der Waals surface area contributed by atoms with E-state index in [0.717, 1.165) is 32.3 Å². The SMILES string of the molecule is c1c[nH]c(-c2c(-c3cccs3)coc2-c2nc(-c3nocc3-c3nccs3)co2)c1. The highest BCUT2D eigenvalue weighted by Crippen LogP contribution is 2.43. The van der Waals surface area contributed by atoms with E-state index in [1.165, 1.54) is 11.3 Å². The molecule has 0 atom stereocenters. The summed E-state index contributed by atoms with van der Waals surface area (Å²) in [6.07, 6.45) is 8.46. The smallest absolute Gasteiger partial charge is 0.264 e. The van der Waals surface area contributed by atoms with E-state index in [-0.39, 0.29) is 0 Å². The molecule has 0 spiro atoms. The monoisotopic (exact) mass is 432 g/mol. The summed E-state index contributed by atoms with van der Waals surface area (Å²) >= 11 is 3.15. The van der Waals surface area contributed by atoms with Crippen LogP contribution in [-0.2, 0) is 0 Å². The van der Waals surface area contributed by atoms with Crippen LogP contribution in [0.2, 0.25) is 0 Å². The highest BCUT2D eigenvalue weighted by molar-refractivity contribution is 7.13. The molecule has 6 aromatic heterocycles. The van der Waals surface area contributed by atoms with Crippen LogP contribution in [0.15, 0.2) is 79.6 Å². The molecule has 0 bridgehead atoms. The van der Waals surface area contributed by atoms with Crippen LogP contribution in [0, 0.1) is 0 Å². The Morgan fingerprint density at radius 2 is 1.93 bits per heavy atom. The van der Waals surface area contributed by atoms with Gasteiger partial charge < -0.3 is 18.3 Å². The van der Waals surface area contributed by atoms with Crippen molar-refractivity contribution >= 4 is 22.7 Å². The molecular weight excluding hydrogens is 420 g/mol. The third-order valence-electron chi connectivity index (χ3n) is 4.62. The number of aromatic amines is 1. The summed E-state index contributed by atoms with van der Waals surface area (Å²) in [6, 6.07) is 8.01. The van der Waals surface area contributed by atoms with E-state index in [2.05, 4.69) is 26.2 Å². The van der Waals surface area contributed by atoms with Crippen molar-refractivity contribution in [3.63, 3.8) is 0 Å². The van der Waals surface area contributed by atoms with E-state index in [1.54, 1.807) is 36.3 Å². The minimum absolute atomic E-state index is 0.366. The van der Waals surface area contributed by atoms with Gasteiger partial charge in [-0.3, -0.25) is 0 Å². The Morgan fingerprint density at radius 3 is 2.73 bits per heavy atom. The molecule has 0 unspecified atom stereocenters. The van der Waals surface area contributed by atoms with Crippen molar-refractivity contribution in [1.82, 2.24) is 20.1 Å². The molecule has 0 aliphatic rings. The Hall–Kier alpha value is -3.69. The maximum Gasteiger partial charge on any atom is 0.264 e. The van der Waals surface area contributed by atoms with Crippen LogP contribution in [0.25, 0.3) is 55.3 Å². The molecule has 0 aliphatic heterocycles. The summed E-state index contributed by atoms with van der Waals surface area (Å²) in [5.41, 5.74) is 4.70. The topological polar surface area (TPSA) is 93.9 Å². The van der Waals surface area contributed by atoms with Gasteiger partial charge in [-0.1, -0.05) is 11.2 Å². The maximum atomic E-state index is 5.94. The lowest BCUT2D eigenvalue weighted by Crippen LogP contribution is -1.85. The summed E-state index contributed by atoms with van der Waals surface area (Å²) < 4.78 is 16.9. The number of thiazole rings is 1. The fourth-order valence-electron chi connectivity index (χ4n) is 3.30. The van der Waals surface area contributed by atoms with Crippen molar-refractivity contribution in [2.45, 2.75) is 0 Å². The number of rotatable bonds is 5. The zero-order valence-corrected chi connectivity index (χ0v) is 16.9. The van der Waals surface area contributed by atoms with E-state index in [0.29, 0.717) is 23.0 Å². The molecule has 0 radical (unpaired) electrons. The van der Waals surface area contributed by atoms with Gasteiger partial charge in [-0.05, 0) is 23.6 Å². The maximum absolute atomic E-state index is 5.94. The molecule has 30 heavy (non-hydrogen) atoms. The number of H-pyrrole nitrogens is 1. The lowest BCUT2D eigenvalue weighted by molar-refractivity contribution is 0.422.